The fourth-order valence-electron chi connectivity index (χ4n) is 2.09. The molecule has 1 aromatic rings. The smallest absolute Gasteiger partial charge is 0.0659 e. The van der Waals surface area contributed by atoms with Gasteiger partial charge >= 0.3 is 0 Å². The SMILES string of the molecule is C=CCCNC1CCCc2sc(I)cc21. The van der Waals surface area contributed by atoms with Gasteiger partial charge in [-0.3, -0.25) is 0 Å². The lowest BCUT2D eigenvalue weighted by Crippen LogP contribution is -2.24. The Hall–Kier alpha value is 0.130. The van der Waals surface area contributed by atoms with Gasteiger partial charge in [-0.25, -0.2) is 0 Å². The Morgan fingerprint density at radius 2 is 2.53 bits per heavy atom. The molecule has 1 aliphatic rings. The topological polar surface area (TPSA) is 12.0 Å². The van der Waals surface area contributed by atoms with Crippen molar-refractivity contribution in [2.24, 2.45) is 0 Å². The second kappa shape index (κ2) is 5.46. The standard InChI is InChI=1S/C12H16INS/c1-2-3-7-14-10-5-4-6-11-9(10)8-12(13)15-11/h2,8,10,14H,1,3-7H2. The van der Waals surface area contributed by atoms with E-state index >= 15 is 0 Å². The predicted octanol–water partition coefficient (Wildman–Crippen LogP) is 3.90. The summed E-state index contributed by atoms with van der Waals surface area (Å²) in [6, 6.07) is 2.94. The van der Waals surface area contributed by atoms with Gasteiger partial charge in [0.05, 0.1) is 2.88 Å². The largest absolute Gasteiger partial charge is 0.310 e. The zero-order valence-electron chi connectivity index (χ0n) is 8.76. The Morgan fingerprint density at radius 1 is 1.67 bits per heavy atom. The molecule has 1 atom stereocenters. The summed E-state index contributed by atoms with van der Waals surface area (Å²) in [4.78, 5) is 1.60. The Balaban J connectivity index is 2.04. The maximum absolute atomic E-state index is 3.75. The highest BCUT2D eigenvalue weighted by Crippen LogP contribution is 2.36. The average Bonchev–Trinajstić information content (AvgIpc) is 2.59. The van der Waals surface area contributed by atoms with Crippen molar-refractivity contribution in [3.05, 3.63) is 32.0 Å². The molecule has 2 rings (SSSR count). The summed E-state index contributed by atoms with van der Waals surface area (Å²) in [6.45, 7) is 4.81. The number of rotatable bonds is 4. The van der Waals surface area contributed by atoms with E-state index in [1.807, 2.05) is 17.4 Å². The minimum Gasteiger partial charge on any atom is -0.310 e. The van der Waals surface area contributed by atoms with E-state index in [1.165, 1.54) is 22.1 Å². The molecule has 82 valence electrons. The van der Waals surface area contributed by atoms with Crippen LogP contribution < -0.4 is 5.32 Å². The number of fused-ring (bicyclic) bond motifs is 1. The molecule has 0 aromatic carbocycles. The maximum atomic E-state index is 3.75. The highest BCUT2D eigenvalue weighted by atomic mass is 127. The molecule has 0 bridgehead atoms. The molecule has 0 spiro atoms. The highest BCUT2D eigenvalue weighted by Gasteiger charge is 2.21. The molecule has 0 fully saturated rings. The van der Waals surface area contributed by atoms with Gasteiger partial charge in [-0.15, -0.1) is 17.9 Å². The van der Waals surface area contributed by atoms with E-state index in [0.29, 0.717) is 6.04 Å². The van der Waals surface area contributed by atoms with Crippen LogP contribution >= 0.6 is 33.9 Å². The summed E-state index contributed by atoms with van der Waals surface area (Å²) in [5.41, 5.74) is 1.56. The van der Waals surface area contributed by atoms with Gasteiger partial charge in [-0.2, -0.15) is 0 Å². The fraction of sp³-hybridized carbons (Fsp3) is 0.500. The van der Waals surface area contributed by atoms with Crippen LogP contribution in [0.25, 0.3) is 0 Å². The van der Waals surface area contributed by atoms with E-state index in [9.17, 15) is 0 Å². The summed E-state index contributed by atoms with van der Waals surface area (Å²) in [5, 5.41) is 3.62. The van der Waals surface area contributed by atoms with E-state index in [0.717, 1.165) is 13.0 Å². The first-order chi connectivity index (χ1) is 7.31. The molecule has 0 aliphatic heterocycles. The minimum absolute atomic E-state index is 0.591. The molecule has 1 N–H and O–H groups in total. The monoisotopic (exact) mass is 333 g/mol. The van der Waals surface area contributed by atoms with Gasteiger partial charge in [-0.05, 0) is 66.4 Å². The van der Waals surface area contributed by atoms with Crippen LogP contribution in [0, 0.1) is 2.88 Å². The van der Waals surface area contributed by atoms with Crippen LogP contribution in [0.4, 0.5) is 0 Å². The van der Waals surface area contributed by atoms with Gasteiger partial charge < -0.3 is 5.32 Å². The van der Waals surface area contributed by atoms with E-state index in [-0.39, 0.29) is 0 Å². The third-order valence-electron chi connectivity index (χ3n) is 2.82. The summed E-state index contributed by atoms with van der Waals surface area (Å²) in [6.07, 6.45) is 6.94. The number of halogens is 1. The quantitative estimate of drug-likeness (QED) is 0.501. The molecule has 0 amide bonds. The van der Waals surface area contributed by atoms with Crippen LogP contribution in [-0.4, -0.2) is 6.54 Å². The van der Waals surface area contributed by atoms with Crippen molar-refractivity contribution in [1.29, 1.82) is 0 Å². The Bertz CT molecular complexity index is 345. The van der Waals surface area contributed by atoms with Crippen LogP contribution in [0.2, 0.25) is 0 Å². The van der Waals surface area contributed by atoms with Crippen molar-refractivity contribution in [2.75, 3.05) is 6.54 Å². The van der Waals surface area contributed by atoms with Gasteiger partial charge in [-0.1, -0.05) is 6.08 Å². The molecule has 1 heterocycles. The molecule has 0 saturated carbocycles. The normalized spacial score (nSPS) is 19.9. The average molecular weight is 333 g/mol. The first-order valence-corrected chi connectivity index (χ1v) is 7.33. The molecule has 1 aliphatic carbocycles. The molecule has 1 nitrogen and oxygen atoms in total. The predicted molar refractivity (Wildman–Crippen MR) is 75.5 cm³/mol. The highest BCUT2D eigenvalue weighted by molar-refractivity contribution is 14.1. The molecular weight excluding hydrogens is 317 g/mol. The van der Waals surface area contributed by atoms with Gasteiger partial charge in [0.25, 0.3) is 0 Å². The third kappa shape index (κ3) is 2.82. The molecule has 1 aromatic heterocycles. The Labute approximate surface area is 109 Å². The zero-order valence-corrected chi connectivity index (χ0v) is 11.7. The number of aryl methyl sites for hydroxylation is 1. The molecule has 0 saturated heterocycles. The lowest BCUT2D eigenvalue weighted by Gasteiger charge is -2.23. The first-order valence-electron chi connectivity index (χ1n) is 5.43. The van der Waals surface area contributed by atoms with Crippen molar-refractivity contribution >= 4 is 33.9 Å². The lowest BCUT2D eigenvalue weighted by atomic mass is 9.94. The first kappa shape index (κ1) is 11.6. The number of hydrogen-bond donors (Lipinski definition) is 1. The van der Waals surface area contributed by atoms with Crippen LogP contribution in [0.1, 0.15) is 35.7 Å². The molecule has 1 unspecified atom stereocenters. The molecule has 15 heavy (non-hydrogen) atoms. The van der Waals surface area contributed by atoms with Crippen LogP contribution in [0.3, 0.4) is 0 Å². The van der Waals surface area contributed by atoms with Gasteiger partial charge in [0.1, 0.15) is 0 Å². The van der Waals surface area contributed by atoms with Gasteiger partial charge in [0, 0.05) is 10.9 Å². The third-order valence-corrected chi connectivity index (χ3v) is 4.79. The van der Waals surface area contributed by atoms with Crippen molar-refractivity contribution in [1.82, 2.24) is 5.32 Å². The Kier molecular flexibility index (Phi) is 4.22. The zero-order chi connectivity index (χ0) is 10.7. The van der Waals surface area contributed by atoms with Crippen LogP contribution in [0.5, 0.6) is 0 Å². The van der Waals surface area contributed by atoms with Gasteiger partial charge in [0.15, 0.2) is 0 Å². The number of hydrogen-bond acceptors (Lipinski definition) is 2. The van der Waals surface area contributed by atoms with Crippen molar-refractivity contribution in [3.63, 3.8) is 0 Å². The molecule has 0 radical (unpaired) electrons. The number of nitrogens with one attached hydrogen (secondary N) is 1. The Morgan fingerprint density at radius 3 is 3.33 bits per heavy atom. The van der Waals surface area contributed by atoms with E-state index < -0.39 is 0 Å². The second-order valence-corrected chi connectivity index (χ2v) is 6.94. The lowest BCUT2D eigenvalue weighted by molar-refractivity contribution is 0.469. The van der Waals surface area contributed by atoms with Crippen molar-refractivity contribution in [3.8, 4) is 0 Å². The summed E-state index contributed by atoms with van der Waals surface area (Å²) >= 11 is 4.39. The number of thiophene rings is 1. The van der Waals surface area contributed by atoms with Crippen LogP contribution in [0.15, 0.2) is 18.7 Å². The summed E-state index contributed by atoms with van der Waals surface area (Å²) in [7, 11) is 0. The fourth-order valence-corrected chi connectivity index (χ4v) is 4.21. The molecular formula is C12H16INS. The van der Waals surface area contributed by atoms with E-state index in [1.54, 1.807) is 10.4 Å². The minimum atomic E-state index is 0.591. The summed E-state index contributed by atoms with van der Waals surface area (Å²) < 4.78 is 1.43. The summed E-state index contributed by atoms with van der Waals surface area (Å²) in [5.74, 6) is 0. The van der Waals surface area contributed by atoms with Crippen molar-refractivity contribution in [2.45, 2.75) is 31.7 Å². The van der Waals surface area contributed by atoms with E-state index in [4.69, 9.17) is 0 Å². The van der Waals surface area contributed by atoms with Crippen molar-refractivity contribution < 1.29 is 0 Å². The second-order valence-electron chi connectivity index (χ2n) is 3.91. The van der Waals surface area contributed by atoms with Crippen LogP contribution in [-0.2, 0) is 6.42 Å². The maximum Gasteiger partial charge on any atom is 0.0659 e. The van der Waals surface area contributed by atoms with Gasteiger partial charge in [0.2, 0.25) is 0 Å². The van der Waals surface area contributed by atoms with E-state index in [2.05, 4.69) is 40.6 Å². The molecule has 3 heteroatoms.